The number of unbranched alkanes of at least 4 members (excludes halogenated alkanes) is 12. The summed E-state index contributed by atoms with van der Waals surface area (Å²) in [6.45, 7) is -4.95. The molecule has 4 aromatic rings. The van der Waals surface area contributed by atoms with Gasteiger partial charge in [0.2, 0.25) is 100 Å². The molecule has 0 unspecified atom stereocenters. The van der Waals surface area contributed by atoms with Gasteiger partial charge in [-0.05, 0) is 81.4 Å². The first-order valence-electron chi connectivity index (χ1n) is 49.3. The van der Waals surface area contributed by atoms with Gasteiger partial charge in [0, 0.05) is 107 Å². The van der Waals surface area contributed by atoms with Crippen LogP contribution in [-0.2, 0) is 125 Å². The molecule has 17 amide bonds. The second-order valence-corrected chi connectivity index (χ2v) is 35.8. The van der Waals surface area contributed by atoms with E-state index >= 15 is 28.8 Å². The monoisotopic (exact) mass is 2050 g/mol. The Morgan fingerprint density at radius 1 is 0.555 bits per heavy atom. The van der Waals surface area contributed by atoms with Gasteiger partial charge in [0.1, 0.15) is 73.1 Å². The third kappa shape index (κ3) is 47.0. The number of aromatic amines is 2. The van der Waals surface area contributed by atoms with Crippen molar-refractivity contribution in [2.45, 2.75) is 272 Å². The quantitative estimate of drug-likeness (QED) is 0.0112. The molecule has 0 bridgehead atoms. The van der Waals surface area contributed by atoms with E-state index in [2.05, 4.69) is 94.7 Å². The minimum absolute atomic E-state index is 0.0131. The summed E-state index contributed by atoms with van der Waals surface area (Å²) in [6, 6.07) is -3.51. The van der Waals surface area contributed by atoms with Crippen LogP contribution in [0.4, 0.5) is 0 Å². The Labute approximate surface area is 843 Å². The zero-order valence-corrected chi connectivity index (χ0v) is 82.3. The number of carboxylic acid groups (broad SMARTS) is 3. The number of primary amides is 2. The summed E-state index contributed by atoms with van der Waals surface area (Å²) in [7, 11) is 0. The number of hydrogen-bond donors (Lipinski definition) is 26. The molecule has 2 saturated heterocycles. The van der Waals surface area contributed by atoms with E-state index in [1.165, 1.54) is 12.5 Å². The van der Waals surface area contributed by atoms with E-state index in [1.54, 1.807) is 67.7 Å². The van der Waals surface area contributed by atoms with Crippen molar-refractivity contribution in [2.24, 2.45) is 17.2 Å². The lowest BCUT2D eigenvalue weighted by Gasteiger charge is -2.31. The van der Waals surface area contributed by atoms with Crippen LogP contribution in [0.25, 0.3) is 10.9 Å². The number of imidazole rings is 1. The highest BCUT2D eigenvalue weighted by Crippen LogP contribution is 2.24. The molecule has 0 radical (unpaired) electrons. The van der Waals surface area contributed by atoms with Crippen LogP contribution in [0.5, 0.6) is 0 Å². The summed E-state index contributed by atoms with van der Waals surface area (Å²) >= 11 is 0. The van der Waals surface area contributed by atoms with Crippen LogP contribution in [0.2, 0.25) is 0 Å². The summed E-state index contributed by atoms with van der Waals surface area (Å²) < 4.78 is 10.8. The highest BCUT2D eigenvalue weighted by atomic mass is 16.5. The van der Waals surface area contributed by atoms with E-state index in [1.807, 2.05) is 0 Å². The predicted octanol–water partition coefficient (Wildman–Crippen LogP) is -4.60. The van der Waals surface area contributed by atoms with Crippen molar-refractivity contribution >= 4 is 135 Å². The molecule has 2 aliphatic heterocycles. The van der Waals surface area contributed by atoms with Gasteiger partial charge in [-0.15, -0.1) is 0 Å². The average molecular weight is 2050 g/mol. The van der Waals surface area contributed by atoms with Crippen LogP contribution in [0.1, 0.15) is 197 Å². The van der Waals surface area contributed by atoms with Gasteiger partial charge < -0.3 is 147 Å². The zero-order chi connectivity index (χ0) is 107. The number of para-hydroxylation sites is 1. The number of nitrogens with zero attached hydrogens (tertiary/aromatic N) is 3. The van der Waals surface area contributed by atoms with E-state index in [0.717, 1.165) is 75.5 Å². The fourth-order valence-electron chi connectivity index (χ4n) is 16.2. The Bertz CT molecular complexity index is 4940. The first-order chi connectivity index (χ1) is 69.9. The number of hydrogen-bond acceptors (Lipinski definition) is 27. The molecule has 0 aliphatic carbocycles. The molecular formula is C95H144N24O27. The zero-order valence-electron chi connectivity index (χ0n) is 82.3. The lowest BCUT2D eigenvalue weighted by molar-refractivity contribution is -0.143. The molecule has 2 aliphatic rings. The van der Waals surface area contributed by atoms with Crippen molar-refractivity contribution < 1.29 is 131 Å². The van der Waals surface area contributed by atoms with Crippen molar-refractivity contribution in [3.63, 3.8) is 0 Å². The van der Waals surface area contributed by atoms with Gasteiger partial charge in [0.25, 0.3) is 0 Å². The maximum atomic E-state index is 15.5. The number of fused-ring (bicyclic) bond motifs is 2. The Morgan fingerprint density at radius 2 is 1.15 bits per heavy atom. The lowest BCUT2D eigenvalue weighted by atomic mass is 10.0. The molecular weight excluding hydrogens is 1910 g/mol. The third-order valence-corrected chi connectivity index (χ3v) is 23.9. The average Bonchev–Trinajstić information content (AvgIpc) is 1.46. The maximum absolute atomic E-state index is 15.5. The summed E-state index contributed by atoms with van der Waals surface area (Å²) in [5.74, 6) is -21.2. The van der Waals surface area contributed by atoms with Crippen LogP contribution in [-0.4, -0.2) is 339 Å². The Balaban J connectivity index is 1.20. The number of aliphatic hydroxyl groups excluding tert-OH is 2. The smallest absolute Gasteiger partial charge is 0.317 e. The number of guanidine groups is 1. The SMILES string of the molecule is CCCC[C@H](NC(=O)[C@H](CNC(=O)CN(CC(=O)O)CC(=O)O)NC(=O)[C@H](Cc1c[nH]cn1)NC(=O)[C@H](CCC(N)=O)NC(=O)[C@H](CO)NC(=O)CNC(=O)COCCOCCNC(=O)CCCCCCCCCCCCCCC(=O)O)C(=O)N[C@H]1CCC(=O)NCCCC[C@@H](C(N)=O)NC(=O)[C@@H](Cc2c[nH]c3ccccc23)NC(=O)[C@H](CCCNC(=N)N)NC(=O)[C@@H](Cc2ccccc2)NC(=O)[C@@H]2C[C@@H](O)CN2C1=O. The number of aliphatic carboxylic acids is 3. The Kier molecular flexibility index (Phi) is 54.9. The van der Waals surface area contributed by atoms with Crippen molar-refractivity contribution in [2.75, 3.05) is 91.9 Å². The molecule has 29 N–H and O–H groups in total. The normalized spacial score (nSPS) is 18.2. The molecule has 0 spiro atoms. The van der Waals surface area contributed by atoms with Gasteiger partial charge in [-0.3, -0.25) is 106 Å². The molecule has 146 heavy (non-hydrogen) atoms. The molecule has 2 fully saturated rings. The maximum Gasteiger partial charge on any atom is 0.317 e. The number of aromatic nitrogens is 3. The largest absolute Gasteiger partial charge is 0.481 e. The second-order valence-electron chi connectivity index (χ2n) is 35.8. The minimum Gasteiger partial charge on any atom is -0.481 e. The number of nitrogens with two attached hydrogens (primary N) is 3. The standard InChI is InChI=1S/C95H144N24O27/c1-2-3-27-65(85(135)113-68-34-36-77(124)101-37-22-21-29-64(84(97)134)109-89(139)70(44-59-47-104-63-28-20-19-26-62(59)63)114-86(136)66(30-23-38-103-95(98)99)110-88(138)69(43-58-24-15-14-16-25-58)116-93(143)74-46-61(121)51-119(74)94(68)144)111-91(141)72(49-105-79(126)52-118(53-82(130)131)54-83(132)133)117-90(140)71(45-60-48-100-57-107-60)115-87(137)67(33-35-75(96)122)112-92(142)73(55-120)108-78(125)50-106-80(127)56-146-42-41-145-40-39-102-76(123)31-17-12-10-8-6-4-5-7-9-11-13-18-32-81(128)129/h14-16,19-20,24-26,28,47-48,57,61,64-74,104,120-121H,2-13,17-18,21-23,27,29-46,49-56H2,1H3,(H2,96,122)(H2,97,134)(H,100,107)(H,101,124)(H,102,123)(H,105,126)(H,106,127)(H,108,125)(H,109,139)(H,110,138)(H,111,141)(H,112,142)(H,113,135)(H,114,136)(H,115,137)(H,116,143)(H,117,140)(H,128,129)(H,130,131)(H,132,133)(H4,98,99,103)/t61-,64+,65+,66+,67+,68+,69-,70-,71+,72+,73+,74+/m1/s1. The number of carbonyl (C=O) groups is 20. The first-order valence-corrected chi connectivity index (χ1v) is 49.3. The highest BCUT2D eigenvalue weighted by Gasteiger charge is 2.45. The lowest BCUT2D eigenvalue weighted by Crippen LogP contribution is -2.62. The van der Waals surface area contributed by atoms with Crippen LogP contribution in [0, 0.1) is 5.41 Å². The molecule has 2 aromatic heterocycles. The number of aliphatic hydroxyl groups is 2. The number of H-pyrrole nitrogens is 2. The minimum atomic E-state index is -2.08. The number of benzene rings is 2. The van der Waals surface area contributed by atoms with Crippen molar-refractivity contribution in [3.05, 3.63) is 90.1 Å². The van der Waals surface area contributed by atoms with Gasteiger partial charge >= 0.3 is 17.9 Å². The number of rotatable bonds is 62. The van der Waals surface area contributed by atoms with E-state index in [-0.39, 0.29) is 115 Å². The van der Waals surface area contributed by atoms with Crippen LogP contribution in [0.3, 0.4) is 0 Å². The highest BCUT2D eigenvalue weighted by molar-refractivity contribution is 6.01. The van der Waals surface area contributed by atoms with E-state index in [0.29, 0.717) is 46.2 Å². The van der Waals surface area contributed by atoms with Crippen LogP contribution < -0.4 is 97.0 Å². The number of ether oxygens (including phenoxy) is 2. The van der Waals surface area contributed by atoms with Gasteiger partial charge in [-0.1, -0.05) is 133 Å². The second kappa shape index (κ2) is 66.6. The molecule has 51 nitrogen and oxygen atoms in total. The molecule has 4 heterocycles. The fourth-order valence-corrected chi connectivity index (χ4v) is 16.2. The summed E-state index contributed by atoms with van der Waals surface area (Å²) in [4.78, 5) is 287. The summed E-state index contributed by atoms with van der Waals surface area (Å²) in [6.07, 6.45) is 11.7. The van der Waals surface area contributed by atoms with Gasteiger partial charge in [0.15, 0.2) is 5.96 Å². The van der Waals surface area contributed by atoms with E-state index in [4.69, 9.17) is 37.2 Å². The molecule has 806 valence electrons. The topological polar surface area (TPSA) is 794 Å². The molecule has 51 heteroatoms. The Hall–Kier alpha value is -14.3. The molecule has 6 rings (SSSR count). The van der Waals surface area contributed by atoms with E-state index in [9.17, 15) is 87.5 Å². The predicted molar refractivity (Wildman–Crippen MR) is 524 cm³/mol. The molecule has 2 aromatic carbocycles. The van der Waals surface area contributed by atoms with Crippen LogP contribution >= 0.6 is 0 Å². The summed E-state index contributed by atoms with van der Waals surface area (Å²) in [5, 5.41) is 96.3. The van der Waals surface area contributed by atoms with Gasteiger partial charge in [-0.2, -0.15) is 0 Å². The van der Waals surface area contributed by atoms with Gasteiger partial charge in [0.05, 0.1) is 70.7 Å². The number of carbonyl (C=O) groups excluding carboxylic acids is 17. The fraction of sp³-hybridized carbons (Fsp3) is 0.600. The number of carboxylic acids is 3. The van der Waals surface area contributed by atoms with Crippen molar-refractivity contribution in [1.29, 1.82) is 5.41 Å². The number of amides is 17. The van der Waals surface area contributed by atoms with Crippen LogP contribution in [0.15, 0.2) is 73.3 Å². The summed E-state index contributed by atoms with van der Waals surface area (Å²) in [5.41, 5.74) is 18.8. The van der Waals surface area contributed by atoms with Crippen molar-refractivity contribution in [3.8, 4) is 0 Å². The van der Waals surface area contributed by atoms with E-state index < -0.39 is 282 Å². The molecule has 0 saturated carbocycles. The van der Waals surface area contributed by atoms with Gasteiger partial charge in [-0.25, -0.2) is 4.98 Å². The third-order valence-electron chi connectivity index (χ3n) is 23.9. The first kappa shape index (κ1) is 120. The van der Waals surface area contributed by atoms with Crippen molar-refractivity contribution in [1.82, 2.24) is 105 Å². The Morgan fingerprint density at radius 3 is 1.79 bits per heavy atom. The number of nitrogens with one attached hydrogen (secondary N) is 18. The molecule has 12 atom stereocenters.